The second-order valence-corrected chi connectivity index (χ2v) is 5.35. The molecule has 0 bridgehead atoms. The highest BCUT2D eigenvalue weighted by molar-refractivity contribution is 5.74. The largest absolute Gasteiger partial charge is 0.394 e. The zero-order chi connectivity index (χ0) is 13.5. The van der Waals surface area contributed by atoms with Crippen LogP contribution in [0.3, 0.4) is 0 Å². The van der Waals surface area contributed by atoms with Gasteiger partial charge >= 0.3 is 6.03 Å². The van der Waals surface area contributed by atoms with E-state index in [-0.39, 0.29) is 24.7 Å². The van der Waals surface area contributed by atoms with Crippen LogP contribution in [0.15, 0.2) is 0 Å². The number of nitrogens with one attached hydrogen (secondary N) is 1. The molecule has 0 spiro atoms. The molecule has 1 fully saturated rings. The van der Waals surface area contributed by atoms with Crippen molar-refractivity contribution in [2.45, 2.75) is 45.2 Å². The van der Waals surface area contributed by atoms with Gasteiger partial charge in [0.15, 0.2) is 0 Å². The molecule has 0 aromatic rings. The monoisotopic (exact) mass is 257 g/mol. The van der Waals surface area contributed by atoms with E-state index in [9.17, 15) is 4.79 Å². The minimum Gasteiger partial charge on any atom is -0.394 e. The maximum atomic E-state index is 11.9. The summed E-state index contributed by atoms with van der Waals surface area (Å²) in [7, 11) is 1.71. The van der Waals surface area contributed by atoms with Gasteiger partial charge in [0.05, 0.1) is 12.6 Å². The van der Waals surface area contributed by atoms with Crippen molar-refractivity contribution in [3.8, 4) is 0 Å². The molecule has 0 saturated carbocycles. The number of nitrogens with zero attached hydrogens (tertiary/aromatic N) is 2. The summed E-state index contributed by atoms with van der Waals surface area (Å²) in [6.07, 6.45) is 3.86. The number of hydrogen-bond donors (Lipinski definition) is 2. The number of likely N-dealkylation sites (tertiary alicyclic amines) is 1. The Bertz CT molecular complexity index is 255. The van der Waals surface area contributed by atoms with E-state index >= 15 is 0 Å². The lowest BCUT2D eigenvalue weighted by Crippen LogP contribution is -2.50. The van der Waals surface area contributed by atoms with Gasteiger partial charge in [-0.3, -0.25) is 0 Å². The number of hydrogen-bond acceptors (Lipinski definition) is 3. The molecule has 0 aliphatic carbocycles. The van der Waals surface area contributed by atoms with Gasteiger partial charge in [0.1, 0.15) is 0 Å². The molecular formula is C13H27N3O2. The maximum Gasteiger partial charge on any atom is 0.317 e. The van der Waals surface area contributed by atoms with E-state index in [1.165, 1.54) is 19.3 Å². The number of piperidine rings is 1. The van der Waals surface area contributed by atoms with Crippen LogP contribution in [0.5, 0.6) is 0 Å². The predicted molar refractivity (Wildman–Crippen MR) is 72.6 cm³/mol. The SMILES string of the molecule is CC(CN1CCCCC1)NC(=O)N(C)C(C)CO. The summed E-state index contributed by atoms with van der Waals surface area (Å²) in [6.45, 7) is 7.04. The fourth-order valence-corrected chi connectivity index (χ4v) is 2.21. The molecule has 5 nitrogen and oxygen atoms in total. The molecule has 18 heavy (non-hydrogen) atoms. The molecule has 2 unspecified atom stereocenters. The van der Waals surface area contributed by atoms with Crippen LogP contribution < -0.4 is 5.32 Å². The number of aliphatic hydroxyl groups is 1. The van der Waals surface area contributed by atoms with E-state index in [2.05, 4.69) is 10.2 Å². The van der Waals surface area contributed by atoms with Gasteiger partial charge in [-0.2, -0.15) is 0 Å². The van der Waals surface area contributed by atoms with Crippen LogP contribution >= 0.6 is 0 Å². The Morgan fingerprint density at radius 2 is 1.94 bits per heavy atom. The van der Waals surface area contributed by atoms with Crippen LogP contribution in [0.2, 0.25) is 0 Å². The lowest BCUT2D eigenvalue weighted by molar-refractivity contribution is 0.150. The number of carbonyl (C=O) groups excluding carboxylic acids is 1. The summed E-state index contributed by atoms with van der Waals surface area (Å²) in [5.41, 5.74) is 0. The third kappa shape index (κ3) is 4.82. The first-order valence-electron chi connectivity index (χ1n) is 6.91. The van der Waals surface area contributed by atoms with Gasteiger partial charge in [0, 0.05) is 19.6 Å². The van der Waals surface area contributed by atoms with Crippen LogP contribution in [-0.4, -0.2) is 66.3 Å². The average Bonchev–Trinajstić information content (AvgIpc) is 2.37. The number of amides is 2. The lowest BCUT2D eigenvalue weighted by Gasteiger charge is -2.31. The van der Waals surface area contributed by atoms with E-state index < -0.39 is 0 Å². The third-order valence-corrected chi connectivity index (χ3v) is 3.60. The average molecular weight is 257 g/mol. The number of aliphatic hydroxyl groups excluding tert-OH is 1. The summed E-state index contributed by atoms with van der Waals surface area (Å²) < 4.78 is 0. The summed E-state index contributed by atoms with van der Waals surface area (Å²) in [6, 6.07) is -0.114. The van der Waals surface area contributed by atoms with E-state index in [0.29, 0.717) is 0 Å². The van der Waals surface area contributed by atoms with E-state index in [1.54, 1.807) is 11.9 Å². The maximum absolute atomic E-state index is 11.9. The topological polar surface area (TPSA) is 55.8 Å². The summed E-state index contributed by atoms with van der Waals surface area (Å²) in [4.78, 5) is 15.8. The second kappa shape index (κ2) is 7.59. The molecule has 0 aromatic heterocycles. The minimum absolute atomic E-state index is 0.00950. The van der Waals surface area contributed by atoms with Crippen molar-refractivity contribution in [2.75, 3.05) is 33.3 Å². The summed E-state index contributed by atoms with van der Waals surface area (Å²) >= 11 is 0. The summed E-state index contributed by atoms with van der Waals surface area (Å²) in [5, 5.41) is 12.0. The van der Waals surface area contributed by atoms with Crippen LogP contribution in [-0.2, 0) is 0 Å². The molecule has 5 heteroatoms. The Labute approximate surface area is 110 Å². The lowest BCUT2D eigenvalue weighted by atomic mass is 10.1. The molecule has 0 radical (unpaired) electrons. The van der Waals surface area contributed by atoms with Crippen LogP contribution in [0.25, 0.3) is 0 Å². The van der Waals surface area contributed by atoms with Crippen molar-refractivity contribution in [3.63, 3.8) is 0 Å². The molecule has 106 valence electrons. The molecule has 1 rings (SSSR count). The zero-order valence-corrected chi connectivity index (χ0v) is 11.9. The zero-order valence-electron chi connectivity index (χ0n) is 11.9. The smallest absolute Gasteiger partial charge is 0.317 e. The fourth-order valence-electron chi connectivity index (χ4n) is 2.21. The van der Waals surface area contributed by atoms with Gasteiger partial charge in [-0.15, -0.1) is 0 Å². The fraction of sp³-hybridized carbons (Fsp3) is 0.923. The molecule has 1 heterocycles. The highest BCUT2D eigenvalue weighted by Gasteiger charge is 2.18. The molecule has 1 aliphatic rings. The Balaban J connectivity index is 2.29. The normalized spacial score (nSPS) is 20.2. The van der Waals surface area contributed by atoms with Gasteiger partial charge < -0.3 is 20.2 Å². The first-order chi connectivity index (χ1) is 8.54. The van der Waals surface area contributed by atoms with Crippen molar-refractivity contribution >= 4 is 6.03 Å². The van der Waals surface area contributed by atoms with Crippen molar-refractivity contribution in [3.05, 3.63) is 0 Å². The van der Waals surface area contributed by atoms with E-state index in [1.807, 2.05) is 13.8 Å². The van der Waals surface area contributed by atoms with Crippen molar-refractivity contribution in [1.82, 2.24) is 15.1 Å². The molecule has 1 saturated heterocycles. The Morgan fingerprint density at radius 1 is 1.33 bits per heavy atom. The Hall–Kier alpha value is -0.810. The standard InChI is InChI=1S/C13H27N3O2/c1-11(9-16-7-5-4-6-8-16)14-13(18)15(3)12(2)10-17/h11-12,17H,4-10H2,1-3H3,(H,14,18). The van der Waals surface area contributed by atoms with E-state index in [4.69, 9.17) is 5.11 Å². The molecule has 0 aromatic carbocycles. The first kappa shape index (κ1) is 15.2. The van der Waals surface area contributed by atoms with E-state index in [0.717, 1.165) is 19.6 Å². The number of urea groups is 1. The van der Waals surface area contributed by atoms with Gasteiger partial charge in [0.25, 0.3) is 0 Å². The molecule has 2 amide bonds. The third-order valence-electron chi connectivity index (χ3n) is 3.60. The molecule has 2 atom stereocenters. The van der Waals surface area contributed by atoms with Crippen LogP contribution in [0.4, 0.5) is 4.79 Å². The predicted octanol–water partition coefficient (Wildman–Crippen LogP) is 0.883. The van der Waals surface area contributed by atoms with Gasteiger partial charge in [-0.25, -0.2) is 4.79 Å². The number of rotatable bonds is 5. The Morgan fingerprint density at radius 3 is 2.50 bits per heavy atom. The quantitative estimate of drug-likeness (QED) is 0.769. The molecule has 1 aliphatic heterocycles. The number of carbonyl (C=O) groups is 1. The van der Waals surface area contributed by atoms with Crippen LogP contribution in [0.1, 0.15) is 33.1 Å². The van der Waals surface area contributed by atoms with Gasteiger partial charge in [0.2, 0.25) is 0 Å². The van der Waals surface area contributed by atoms with Crippen molar-refractivity contribution < 1.29 is 9.90 Å². The van der Waals surface area contributed by atoms with Crippen LogP contribution in [0, 0.1) is 0 Å². The van der Waals surface area contributed by atoms with Crippen molar-refractivity contribution in [2.24, 2.45) is 0 Å². The Kier molecular flexibility index (Phi) is 6.43. The highest BCUT2D eigenvalue weighted by atomic mass is 16.3. The number of likely N-dealkylation sites (N-methyl/N-ethyl adjacent to an activating group) is 1. The minimum atomic E-state index is -0.146. The molecule has 2 N–H and O–H groups in total. The van der Waals surface area contributed by atoms with Gasteiger partial charge in [-0.05, 0) is 39.8 Å². The molecular weight excluding hydrogens is 230 g/mol. The van der Waals surface area contributed by atoms with Gasteiger partial charge in [-0.1, -0.05) is 6.42 Å². The summed E-state index contributed by atoms with van der Waals surface area (Å²) in [5.74, 6) is 0. The van der Waals surface area contributed by atoms with Crippen molar-refractivity contribution in [1.29, 1.82) is 0 Å². The first-order valence-corrected chi connectivity index (χ1v) is 6.91. The highest BCUT2D eigenvalue weighted by Crippen LogP contribution is 2.08. The second-order valence-electron chi connectivity index (χ2n) is 5.35.